The van der Waals surface area contributed by atoms with Gasteiger partial charge in [-0.2, -0.15) is 5.10 Å². The number of H-pyrrole nitrogens is 1. The summed E-state index contributed by atoms with van der Waals surface area (Å²) in [5.74, 6) is -0.206. The standard InChI is InChI=1S/C13H10N4OS/c18-13(12-7-19-8-14-12)16-10-3-1-2-9(6-10)11-4-5-15-17-11/h1-8H,(H,15,17)(H,16,18). The fourth-order valence-corrected chi connectivity index (χ4v) is 2.23. The molecule has 1 amide bonds. The second kappa shape index (κ2) is 5.03. The van der Waals surface area contributed by atoms with Crippen LogP contribution >= 0.6 is 11.3 Å². The van der Waals surface area contributed by atoms with Gasteiger partial charge in [0.15, 0.2) is 0 Å². The highest BCUT2D eigenvalue weighted by atomic mass is 32.1. The Morgan fingerprint density at radius 2 is 2.26 bits per heavy atom. The molecule has 0 atom stereocenters. The number of aromatic nitrogens is 3. The molecule has 0 radical (unpaired) electrons. The predicted octanol–water partition coefficient (Wildman–Crippen LogP) is 2.79. The summed E-state index contributed by atoms with van der Waals surface area (Å²) in [4.78, 5) is 15.9. The third-order valence-corrected chi connectivity index (χ3v) is 3.18. The summed E-state index contributed by atoms with van der Waals surface area (Å²) in [7, 11) is 0. The molecule has 3 aromatic rings. The van der Waals surface area contributed by atoms with Crippen molar-refractivity contribution < 1.29 is 4.79 Å². The Balaban J connectivity index is 1.82. The van der Waals surface area contributed by atoms with Crippen molar-refractivity contribution in [1.29, 1.82) is 0 Å². The molecule has 0 spiro atoms. The van der Waals surface area contributed by atoms with Gasteiger partial charge in [-0.25, -0.2) is 4.98 Å². The molecule has 0 saturated carbocycles. The molecule has 2 aromatic heterocycles. The van der Waals surface area contributed by atoms with E-state index < -0.39 is 0 Å². The van der Waals surface area contributed by atoms with Crippen LogP contribution in [0.25, 0.3) is 11.3 Å². The highest BCUT2D eigenvalue weighted by Crippen LogP contribution is 2.20. The first-order valence-corrected chi connectivity index (χ1v) is 6.56. The van der Waals surface area contributed by atoms with Gasteiger partial charge in [-0.05, 0) is 18.2 Å². The second-order valence-electron chi connectivity index (χ2n) is 3.88. The lowest BCUT2D eigenvalue weighted by molar-refractivity contribution is 0.102. The van der Waals surface area contributed by atoms with Gasteiger partial charge >= 0.3 is 0 Å². The molecule has 0 fully saturated rings. The summed E-state index contributed by atoms with van der Waals surface area (Å²) < 4.78 is 0. The van der Waals surface area contributed by atoms with Crippen LogP contribution < -0.4 is 5.32 Å². The van der Waals surface area contributed by atoms with Crippen molar-refractivity contribution in [3.05, 3.63) is 53.1 Å². The summed E-state index contributed by atoms with van der Waals surface area (Å²) in [6.45, 7) is 0. The number of nitrogens with one attached hydrogen (secondary N) is 2. The van der Waals surface area contributed by atoms with Crippen LogP contribution in [0.15, 0.2) is 47.4 Å². The first kappa shape index (κ1) is 11.6. The molecule has 2 heterocycles. The second-order valence-corrected chi connectivity index (χ2v) is 4.60. The Bertz CT molecular complexity index is 677. The number of rotatable bonds is 3. The minimum Gasteiger partial charge on any atom is -0.321 e. The maximum absolute atomic E-state index is 11.9. The van der Waals surface area contributed by atoms with Crippen molar-refractivity contribution in [2.75, 3.05) is 5.32 Å². The maximum atomic E-state index is 11.9. The zero-order valence-corrected chi connectivity index (χ0v) is 10.6. The summed E-state index contributed by atoms with van der Waals surface area (Å²) in [6.07, 6.45) is 1.69. The zero-order valence-electron chi connectivity index (χ0n) is 9.83. The van der Waals surface area contributed by atoms with Gasteiger partial charge in [0.25, 0.3) is 5.91 Å². The summed E-state index contributed by atoms with van der Waals surface area (Å²) >= 11 is 1.39. The molecule has 0 saturated heterocycles. The number of benzene rings is 1. The first-order chi connectivity index (χ1) is 9.33. The minimum absolute atomic E-state index is 0.206. The van der Waals surface area contributed by atoms with Crippen LogP contribution in [0.5, 0.6) is 0 Å². The lowest BCUT2D eigenvalue weighted by Gasteiger charge is -2.05. The molecular formula is C13H10N4OS. The molecule has 3 rings (SSSR count). The molecule has 0 unspecified atom stereocenters. The zero-order chi connectivity index (χ0) is 13.1. The van der Waals surface area contributed by atoms with Gasteiger partial charge in [0.2, 0.25) is 0 Å². The van der Waals surface area contributed by atoms with E-state index in [4.69, 9.17) is 0 Å². The highest BCUT2D eigenvalue weighted by Gasteiger charge is 2.08. The van der Waals surface area contributed by atoms with Gasteiger partial charge < -0.3 is 5.32 Å². The summed E-state index contributed by atoms with van der Waals surface area (Å²) in [5.41, 5.74) is 4.66. The van der Waals surface area contributed by atoms with E-state index in [1.165, 1.54) is 11.3 Å². The molecule has 2 N–H and O–H groups in total. The average Bonchev–Trinajstić information content (AvgIpc) is 3.13. The number of thiazole rings is 1. The van der Waals surface area contributed by atoms with Gasteiger partial charge in [-0.3, -0.25) is 9.89 Å². The van der Waals surface area contributed by atoms with Gasteiger partial charge in [-0.1, -0.05) is 12.1 Å². The molecule has 94 valence electrons. The highest BCUT2D eigenvalue weighted by molar-refractivity contribution is 7.07. The number of hydrogen-bond acceptors (Lipinski definition) is 4. The van der Waals surface area contributed by atoms with Gasteiger partial charge in [0.1, 0.15) is 5.69 Å². The number of hydrogen-bond donors (Lipinski definition) is 2. The molecule has 5 nitrogen and oxygen atoms in total. The Labute approximate surface area is 113 Å². The lowest BCUT2D eigenvalue weighted by Crippen LogP contribution is -2.12. The molecule has 19 heavy (non-hydrogen) atoms. The van der Waals surface area contributed by atoms with E-state index in [1.54, 1.807) is 17.1 Å². The van der Waals surface area contributed by atoms with Gasteiger partial charge in [0, 0.05) is 22.8 Å². The number of carbonyl (C=O) groups excluding carboxylic acids is 1. The Kier molecular flexibility index (Phi) is 3.07. The van der Waals surface area contributed by atoms with Crippen LogP contribution in [0, 0.1) is 0 Å². The van der Waals surface area contributed by atoms with Crippen LogP contribution in [0.3, 0.4) is 0 Å². The van der Waals surface area contributed by atoms with Crippen molar-refractivity contribution in [2.45, 2.75) is 0 Å². The van der Waals surface area contributed by atoms with Crippen LogP contribution in [0.1, 0.15) is 10.5 Å². The first-order valence-electron chi connectivity index (χ1n) is 5.62. The molecule has 1 aromatic carbocycles. The topological polar surface area (TPSA) is 70.7 Å². The van der Waals surface area contributed by atoms with Crippen molar-refractivity contribution >= 4 is 22.9 Å². The average molecular weight is 270 g/mol. The fourth-order valence-electron chi connectivity index (χ4n) is 1.70. The summed E-state index contributed by atoms with van der Waals surface area (Å²) in [6, 6.07) is 9.43. The van der Waals surface area contributed by atoms with Crippen molar-refractivity contribution in [3.8, 4) is 11.3 Å². The minimum atomic E-state index is -0.206. The Hall–Kier alpha value is -2.47. The maximum Gasteiger partial charge on any atom is 0.275 e. The Morgan fingerprint density at radius 3 is 3.00 bits per heavy atom. The van der Waals surface area contributed by atoms with Crippen LogP contribution in [-0.2, 0) is 0 Å². The number of aromatic amines is 1. The molecule has 0 bridgehead atoms. The molecule has 0 aliphatic rings. The number of carbonyl (C=O) groups is 1. The summed E-state index contributed by atoms with van der Waals surface area (Å²) in [5, 5.41) is 11.3. The van der Waals surface area contributed by atoms with Gasteiger partial charge in [-0.15, -0.1) is 11.3 Å². The van der Waals surface area contributed by atoms with E-state index in [9.17, 15) is 4.79 Å². The largest absolute Gasteiger partial charge is 0.321 e. The van der Waals surface area contributed by atoms with Crippen LogP contribution in [0.2, 0.25) is 0 Å². The van der Waals surface area contributed by atoms with E-state index in [0.29, 0.717) is 5.69 Å². The van der Waals surface area contributed by atoms with Crippen molar-refractivity contribution in [2.24, 2.45) is 0 Å². The normalized spacial score (nSPS) is 10.3. The van der Waals surface area contributed by atoms with E-state index in [-0.39, 0.29) is 5.91 Å². The van der Waals surface area contributed by atoms with Crippen LogP contribution in [0.4, 0.5) is 5.69 Å². The molecular weight excluding hydrogens is 260 g/mol. The predicted molar refractivity (Wildman–Crippen MR) is 74.1 cm³/mol. The number of anilines is 1. The SMILES string of the molecule is O=C(Nc1cccc(-c2ccn[nH]2)c1)c1cscn1. The third kappa shape index (κ3) is 2.53. The van der Waals surface area contributed by atoms with Gasteiger partial charge in [0.05, 0.1) is 11.2 Å². The molecule has 0 aliphatic carbocycles. The fraction of sp³-hybridized carbons (Fsp3) is 0. The van der Waals surface area contributed by atoms with E-state index in [2.05, 4.69) is 20.5 Å². The molecule has 0 aliphatic heterocycles. The number of amides is 1. The third-order valence-electron chi connectivity index (χ3n) is 2.60. The quantitative estimate of drug-likeness (QED) is 0.768. The van der Waals surface area contributed by atoms with E-state index in [0.717, 1.165) is 16.9 Å². The smallest absolute Gasteiger partial charge is 0.275 e. The van der Waals surface area contributed by atoms with Crippen molar-refractivity contribution in [3.63, 3.8) is 0 Å². The monoisotopic (exact) mass is 270 g/mol. The van der Waals surface area contributed by atoms with E-state index in [1.807, 2.05) is 30.3 Å². The van der Waals surface area contributed by atoms with E-state index >= 15 is 0 Å². The van der Waals surface area contributed by atoms with Crippen LogP contribution in [-0.4, -0.2) is 21.1 Å². The Morgan fingerprint density at radius 1 is 1.32 bits per heavy atom. The van der Waals surface area contributed by atoms with Crippen molar-refractivity contribution in [1.82, 2.24) is 15.2 Å². The lowest BCUT2D eigenvalue weighted by atomic mass is 10.1. The number of nitrogens with zero attached hydrogens (tertiary/aromatic N) is 2. The molecule has 6 heteroatoms.